The lowest BCUT2D eigenvalue weighted by Crippen LogP contribution is -2.26. The first-order valence-electron chi connectivity index (χ1n) is 9.04. The minimum absolute atomic E-state index is 0.0989. The van der Waals surface area contributed by atoms with Gasteiger partial charge in [0.15, 0.2) is 0 Å². The lowest BCUT2D eigenvalue weighted by atomic mass is 9.68. The topological polar surface area (TPSA) is 0 Å². The molecule has 0 nitrogen and oxygen atoms in total. The largest absolute Gasteiger partial charge is 0.0879 e. The van der Waals surface area contributed by atoms with E-state index in [-0.39, 0.29) is 5.41 Å². The molecule has 0 N–H and O–H groups in total. The van der Waals surface area contributed by atoms with Gasteiger partial charge >= 0.3 is 0 Å². The van der Waals surface area contributed by atoms with Crippen molar-refractivity contribution in [3.63, 3.8) is 0 Å². The van der Waals surface area contributed by atoms with Gasteiger partial charge in [-0.25, -0.2) is 0 Å². The SMILES string of the molecule is Cc1cccc([C]2C3C=CCC3[C](c3cccc(C)c3)C2(C)C)c1. The zero-order valence-electron chi connectivity index (χ0n) is 15.1. The first-order valence-corrected chi connectivity index (χ1v) is 9.04. The molecule has 1 fully saturated rings. The Balaban J connectivity index is 1.83. The van der Waals surface area contributed by atoms with Crippen LogP contribution in [0.3, 0.4) is 0 Å². The molecule has 2 aromatic carbocycles. The lowest BCUT2D eigenvalue weighted by molar-refractivity contribution is 0.451. The van der Waals surface area contributed by atoms with Crippen molar-refractivity contribution in [1.29, 1.82) is 0 Å². The number of allylic oxidation sites excluding steroid dienone is 2. The molecule has 24 heavy (non-hydrogen) atoms. The van der Waals surface area contributed by atoms with Crippen molar-refractivity contribution < 1.29 is 0 Å². The van der Waals surface area contributed by atoms with Crippen molar-refractivity contribution in [3.05, 3.63) is 94.8 Å². The standard InChI is InChI=1S/C24H26/c1-16-8-5-10-18(14-16)22-20-12-7-13-21(20)23(24(22,3)4)19-11-6-9-17(2)15-19/h5-12,14-15,20-21H,13H2,1-4H3. The van der Waals surface area contributed by atoms with E-state index >= 15 is 0 Å². The van der Waals surface area contributed by atoms with Gasteiger partial charge in [-0.1, -0.05) is 85.7 Å². The number of hydrogen-bond acceptors (Lipinski definition) is 0. The van der Waals surface area contributed by atoms with Gasteiger partial charge in [-0.3, -0.25) is 0 Å². The van der Waals surface area contributed by atoms with Crippen molar-refractivity contribution in [2.45, 2.75) is 34.1 Å². The highest BCUT2D eigenvalue weighted by Gasteiger charge is 2.56. The van der Waals surface area contributed by atoms with Crippen LogP contribution in [0.4, 0.5) is 0 Å². The molecular formula is C24H26. The third kappa shape index (κ3) is 2.35. The predicted molar refractivity (Wildman–Crippen MR) is 102 cm³/mol. The van der Waals surface area contributed by atoms with Gasteiger partial charge in [0.1, 0.15) is 0 Å². The van der Waals surface area contributed by atoms with Crippen LogP contribution in [0, 0.1) is 42.9 Å². The van der Waals surface area contributed by atoms with Gasteiger partial charge < -0.3 is 0 Å². The Morgan fingerprint density at radius 2 is 1.42 bits per heavy atom. The van der Waals surface area contributed by atoms with E-state index in [1.807, 2.05) is 0 Å². The van der Waals surface area contributed by atoms with Gasteiger partial charge in [0.25, 0.3) is 0 Å². The minimum atomic E-state index is 0.0989. The molecule has 0 aromatic heterocycles. The molecule has 0 bridgehead atoms. The van der Waals surface area contributed by atoms with Gasteiger partial charge in [0.2, 0.25) is 0 Å². The maximum absolute atomic E-state index is 2.45. The molecule has 0 aliphatic heterocycles. The van der Waals surface area contributed by atoms with Crippen molar-refractivity contribution in [2.24, 2.45) is 17.3 Å². The average Bonchev–Trinajstić information content (AvgIpc) is 3.03. The fourth-order valence-electron chi connectivity index (χ4n) is 5.03. The van der Waals surface area contributed by atoms with E-state index in [2.05, 4.69) is 88.4 Å². The highest BCUT2D eigenvalue weighted by molar-refractivity contribution is 5.55. The first kappa shape index (κ1) is 15.7. The summed E-state index contributed by atoms with van der Waals surface area (Å²) in [7, 11) is 0. The van der Waals surface area contributed by atoms with Crippen LogP contribution in [-0.4, -0.2) is 0 Å². The van der Waals surface area contributed by atoms with Crippen molar-refractivity contribution in [2.75, 3.05) is 0 Å². The van der Waals surface area contributed by atoms with Crippen LogP contribution in [0.25, 0.3) is 0 Å². The quantitative estimate of drug-likeness (QED) is 0.589. The van der Waals surface area contributed by atoms with Gasteiger partial charge in [0.05, 0.1) is 0 Å². The molecule has 2 radical (unpaired) electrons. The van der Waals surface area contributed by atoms with E-state index in [1.165, 1.54) is 28.7 Å². The van der Waals surface area contributed by atoms with Gasteiger partial charge in [0, 0.05) is 11.8 Å². The fourth-order valence-corrected chi connectivity index (χ4v) is 5.03. The summed E-state index contributed by atoms with van der Waals surface area (Å²) in [5.74, 6) is 4.40. The monoisotopic (exact) mass is 314 g/mol. The number of benzene rings is 2. The molecule has 0 spiro atoms. The molecule has 2 aromatic rings. The van der Waals surface area contributed by atoms with Crippen LogP contribution >= 0.6 is 0 Å². The Hall–Kier alpha value is -1.82. The second-order valence-electron chi connectivity index (χ2n) is 7.99. The van der Waals surface area contributed by atoms with Crippen LogP contribution in [0.2, 0.25) is 0 Å². The van der Waals surface area contributed by atoms with E-state index in [4.69, 9.17) is 0 Å². The molecule has 2 unspecified atom stereocenters. The lowest BCUT2D eigenvalue weighted by Gasteiger charge is -2.35. The van der Waals surface area contributed by atoms with Gasteiger partial charge in [-0.2, -0.15) is 0 Å². The summed E-state index contributed by atoms with van der Waals surface area (Å²) in [6, 6.07) is 18.1. The Labute approximate surface area is 146 Å². The number of hydrogen-bond donors (Lipinski definition) is 0. The first-order chi connectivity index (χ1) is 11.5. The Morgan fingerprint density at radius 1 is 0.833 bits per heavy atom. The molecular weight excluding hydrogens is 288 g/mol. The number of aryl methyl sites for hydroxylation is 2. The summed E-state index contributed by atoms with van der Waals surface area (Å²) >= 11 is 0. The summed E-state index contributed by atoms with van der Waals surface area (Å²) < 4.78 is 0. The maximum Gasteiger partial charge on any atom is 0.0187 e. The van der Waals surface area contributed by atoms with E-state index in [1.54, 1.807) is 11.8 Å². The van der Waals surface area contributed by atoms with E-state index in [0.29, 0.717) is 11.8 Å². The van der Waals surface area contributed by atoms with Crippen molar-refractivity contribution >= 4 is 0 Å². The summed E-state index contributed by atoms with van der Waals surface area (Å²) in [6.07, 6.45) is 6.01. The Bertz CT molecular complexity index is 780. The van der Waals surface area contributed by atoms with Gasteiger partial charge in [-0.15, -0.1) is 0 Å². The molecule has 2 aliphatic carbocycles. The molecule has 2 atom stereocenters. The molecule has 4 rings (SSSR count). The second kappa shape index (κ2) is 5.62. The highest BCUT2D eigenvalue weighted by Crippen LogP contribution is 2.64. The van der Waals surface area contributed by atoms with Crippen molar-refractivity contribution in [3.8, 4) is 0 Å². The maximum atomic E-state index is 2.45. The van der Waals surface area contributed by atoms with E-state index < -0.39 is 0 Å². The van der Waals surface area contributed by atoms with Crippen LogP contribution in [0.5, 0.6) is 0 Å². The second-order valence-corrected chi connectivity index (χ2v) is 7.99. The summed E-state index contributed by atoms with van der Waals surface area (Å²) in [5.41, 5.74) is 5.65. The van der Waals surface area contributed by atoms with Gasteiger partial charge in [-0.05, 0) is 48.6 Å². The molecule has 0 heterocycles. The van der Waals surface area contributed by atoms with Crippen LogP contribution < -0.4 is 0 Å². The normalized spacial score (nSPS) is 26.0. The predicted octanol–water partition coefficient (Wildman–Crippen LogP) is 6.08. The summed E-state index contributed by atoms with van der Waals surface area (Å²) in [5, 5.41) is 0. The zero-order valence-corrected chi connectivity index (χ0v) is 15.1. The molecule has 122 valence electrons. The number of fused-ring (bicyclic) bond motifs is 1. The van der Waals surface area contributed by atoms with E-state index in [0.717, 1.165) is 0 Å². The fraction of sp³-hybridized carbons (Fsp3) is 0.333. The van der Waals surface area contributed by atoms with Crippen LogP contribution in [0.1, 0.15) is 42.5 Å². The number of rotatable bonds is 2. The minimum Gasteiger partial charge on any atom is -0.0879 e. The average molecular weight is 314 g/mol. The Kier molecular flexibility index (Phi) is 3.67. The highest BCUT2D eigenvalue weighted by atomic mass is 14.6. The molecule has 0 saturated heterocycles. The van der Waals surface area contributed by atoms with Crippen LogP contribution in [0.15, 0.2) is 60.7 Å². The van der Waals surface area contributed by atoms with E-state index in [9.17, 15) is 0 Å². The Morgan fingerprint density at radius 3 is 2.00 bits per heavy atom. The molecule has 0 amide bonds. The third-order valence-corrected chi connectivity index (χ3v) is 5.88. The summed E-state index contributed by atoms with van der Waals surface area (Å²) in [4.78, 5) is 0. The molecule has 0 heteroatoms. The smallest absolute Gasteiger partial charge is 0.0187 e. The van der Waals surface area contributed by atoms with Crippen LogP contribution in [-0.2, 0) is 0 Å². The van der Waals surface area contributed by atoms with Crippen molar-refractivity contribution in [1.82, 2.24) is 0 Å². The zero-order chi connectivity index (χ0) is 16.9. The summed E-state index contributed by atoms with van der Waals surface area (Å²) in [6.45, 7) is 9.24. The third-order valence-electron chi connectivity index (χ3n) is 5.88. The molecule has 2 aliphatic rings. The molecule has 1 saturated carbocycles.